The fraction of sp³-hybridized carbons (Fsp3) is 0.0870. The first kappa shape index (κ1) is 18.6. The Balaban J connectivity index is 2.02. The molecule has 0 unspecified atom stereocenters. The molecule has 0 saturated heterocycles. The van der Waals surface area contributed by atoms with Crippen LogP contribution in [0, 0.1) is 0 Å². The number of hydrogen-bond acceptors (Lipinski definition) is 3. The van der Waals surface area contributed by atoms with Crippen molar-refractivity contribution in [1.82, 2.24) is 0 Å². The molecular weight excluding hydrogens is 395 g/mol. The third-order valence-electron chi connectivity index (χ3n) is 4.78. The molecule has 3 aromatic rings. The van der Waals surface area contributed by atoms with Gasteiger partial charge in [0.15, 0.2) is 17.3 Å². The largest absolute Gasteiger partial charge is 0.493 e. The number of methoxy groups -OCH3 is 2. The highest BCUT2D eigenvalue weighted by Gasteiger charge is 2.33. The van der Waals surface area contributed by atoms with Crippen LogP contribution in [-0.4, -0.2) is 20.0 Å². The molecule has 0 radical (unpaired) electrons. The molecule has 0 amide bonds. The number of fused-ring (bicyclic) bond motifs is 1. The summed E-state index contributed by atoms with van der Waals surface area (Å²) >= 11 is 12.1. The predicted molar refractivity (Wildman–Crippen MR) is 113 cm³/mol. The highest BCUT2D eigenvalue weighted by molar-refractivity contribution is 6.42. The molecule has 28 heavy (non-hydrogen) atoms. The molecule has 3 aromatic carbocycles. The van der Waals surface area contributed by atoms with Crippen LogP contribution in [0.25, 0.3) is 11.1 Å². The standard InChI is InChI=1S/C23H16Cl2O3/c1-27-19-11-17-18(12-20(19)28-2)23(26)22(14-5-9-16(25)10-6-14)21(17)13-3-7-15(24)8-4-13/h3-12H,1-2H3. The Labute approximate surface area is 173 Å². The summed E-state index contributed by atoms with van der Waals surface area (Å²) in [7, 11) is 3.13. The molecule has 0 fully saturated rings. The molecule has 1 aliphatic rings. The van der Waals surface area contributed by atoms with Gasteiger partial charge in [-0.05, 0) is 53.1 Å². The van der Waals surface area contributed by atoms with Gasteiger partial charge in [0.25, 0.3) is 0 Å². The minimum absolute atomic E-state index is 0.0665. The molecule has 0 saturated carbocycles. The van der Waals surface area contributed by atoms with Crippen molar-refractivity contribution in [2.45, 2.75) is 0 Å². The van der Waals surface area contributed by atoms with Crippen molar-refractivity contribution in [3.05, 3.63) is 93.0 Å². The summed E-state index contributed by atoms with van der Waals surface area (Å²) in [6.45, 7) is 0. The first-order chi connectivity index (χ1) is 13.5. The van der Waals surface area contributed by atoms with Gasteiger partial charge in [0.05, 0.1) is 14.2 Å². The summed E-state index contributed by atoms with van der Waals surface area (Å²) in [6.07, 6.45) is 0. The molecule has 0 N–H and O–H groups in total. The fourth-order valence-electron chi connectivity index (χ4n) is 3.46. The summed E-state index contributed by atoms with van der Waals surface area (Å²) in [4.78, 5) is 13.4. The minimum Gasteiger partial charge on any atom is -0.493 e. The summed E-state index contributed by atoms with van der Waals surface area (Å²) in [5.74, 6) is 1.02. The normalized spacial score (nSPS) is 12.9. The third kappa shape index (κ3) is 3.07. The smallest absolute Gasteiger partial charge is 0.195 e. The van der Waals surface area contributed by atoms with Gasteiger partial charge in [0.1, 0.15) is 0 Å². The molecular formula is C23H16Cl2O3. The van der Waals surface area contributed by atoms with E-state index in [-0.39, 0.29) is 5.78 Å². The van der Waals surface area contributed by atoms with Gasteiger partial charge in [-0.3, -0.25) is 4.79 Å². The van der Waals surface area contributed by atoms with Crippen LogP contribution >= 0.6 is 23.2 Å². The van der Waals surface area contributed by atoms with E-state index in [0.717, 1.165) is 22.3 Å². The Morgan fingerprint density at radius 1 is 0.643 bits per heavy atom. The Kier molecular flexibility index (Phi) is 4.88. The van der Waals surface area contributed by atoms with Crippen molar-refractivity contribution >= 4 is 40.1 Å². The zero-order valence-electron chi connectivity index (χ0n) is 15.3. The minimum atomic E-state index is -0.0665. The lowest BCUT2D eigenvalue weighted by molar-refractivity contribution is 0.105. The third-order valence-corrected chi connectivity index (χ3v) is 5.28. The highest BCUT2D eigenvalue weighted by atomic mass is 35.5. The van der Waals surface area contributed by atoms with Crippen molar-refractivity contribution in [3.8, 4) is 11.5 Å². The van der Waals surface area contributed by atoms with Crippen molar-refractivity contribution in [3.63, 3.8) is 0 Å². The van der Waals surface area contributed by atoms with E-state index in [1.54, 1.807) is 32.4 Å². The molecule has 0 aliphatic heterocycles. The second-order valence-corrected chi connectivity index (χ2v) is 7.22. The van der Waals surface area contributed by atoms with Crippen LogP contribution in [0.4, 0.5) is 0 Å². The first-order valence-electron chi connectivity index (χ1n) is 8.60. The number of rotatable bonds is 4. The fourth-order valence-corrected chi connectivity index (χ4v) is 3.72. The predicted octanol–water partition coefficient (Wildman–Crippen LogP) is 6.17. The van der Waals surface area contributed by atoms with Crippen molar-refractivity contribution < 1.29 is 14.3 Å². The van der Waals surface area contributed by atoms with E-state index >= 15 is 0 Å². The van der Waals surface area contributed by atoms with Gasteiger partial charge in [-0.2, -0.15) is 0 Å². The Morgan fingerprint density at radius 2 is 1.07 bits per heavy atom. The van der Waals surface area contributed by atoms with Gasteiger partial charge in [0.2, 0.25) is 0 Å². The van der Waals surface area contributed by atoms with Crippen LogP contribution in [0.1, 0.15) is 27.0 Å². The number of ether oxygens (including phenoxy) is 2. The maximum absolute atomic E-state index is 13.4. The second kappa shape index (κ2) is 7.34. The number of halogens is 2. The lowest BCUT2D eigenvalue weighted by Crippen LogP contribution is -2.00. The zero-order valence-corrected chi connectivity index (χ0v) is 16.8. The van der Waals surface area contributed by atoms with Crippen LogP contribution in [-0.2, 0) is 0 Å². The SMILES string of the molecule is COc1cc2c(cc1OC)C(c1ccc(Cl)cc1)=C(c1ccc(Cl)cc1)C2=O. The molecule has 1 aliphatic carbocycles. The number of carbonyl (C=O) groups is 1. The molecule has 0 heterocycles. The molecule has 0 spiro atoms. The molecule has 3 nitrogen and oxygen atoms in total. The first-order valence-corrected chi connectivity index (χ1v) is 9.36. The van der Waals surface area contributed by atoms with Crippen LogP contribution in [0.15, 0.2) is 60.7 Å². The quantitative estimate of drug-likeness (QED) is 0.515. The van der Waals surface area contributed by atoms with Crippen LogP contribution in [0.5, 0.6) is 11.5 Å². The Morgan fingerprint density at radius 3 is 1.54 bits per heavy atom. The van der Waals surface area contributed by atoms with Crippen LogP contribution in [0.3, 0.4) is 0 Å². The highest BCUT2D eigenvalue weighted by Crippen LogP contribution is 2.46. The van der Waals surface area contributed by atoms with Gasteiger partial charge in [-0.25, -0.2) is 0 Å². The van der Waals surface area contributed by atoms with E-state index in [0.29, 0.717) is 32.7 Å². The molecule has 0 atom stereocenters. The number of Topliss-reactive ketones (excluding diaryl/α,β-unsaturated/α-hetero) is 1. The monoisotopic (exact) mass is 410 g/mol. The Hall–Kier alpha value is -2.75. The molecule has 5 heteroatoms. The summed E-state index contributed by atoms with van der Waals surface area (Å²) in [5, 5.41) is 1.25. The van der Waals surface area contributed by atoms with Gasteiger partial charge >= 0.3 is 0 Å². The van der Waals surface area contributed by atoms with E-state index < -0.39 is 0 Å². The van der Waals surface area contributed by atoms with E-state index in [1.807, 2.05) is 42.5 Å². The van der Waals surface area contributed by atoms with Gasteiger partial charge in [-0.15, -0.1) is 0 Å². The summed E-state index contributed by atoms with van der Waals surface area (Å²) in [5.41, 5.74) is 4.52. The van der Waals surface area contributed by atoms with E-state index in [1.165, 1.54) is 0 Å². The van der Waals surface area contributed by atoms with Gasteiger partial charge < -0.3 is 9.47 Å². The molecule has 0 bridgehead atoms. The summed E-state index contributed by atoms with van der Waals surface area (Å²) in [6, 6.07) is 18.3. The average Bonchev–Trinajstić information content (AvgIpc) is 3.00. The molecule has 0 aromatic heterocycles. The van der Waals surface area contributed by atoms with Crippen molar-refractivity contribution in [1.29, 1.82) is 0 Å². The number of ketones is 1. The number of allylic oxidation sites excluding steroid dienone is 1. The zero-order chi connectivity index (χ0) is 19.8. The van der Waals surface area contributed by atoms with Crippen molar-refractivity contribution in [2.24, 2.45) is 0 Å². The average molecular weight is 411 g/mol. The molecule has 4 rings (SSSR count). The summed E-state index contributed by atoms with van der Waals surface area (Å²) < 4.78 is 10.9. The lowest BCUT2D eigenvalue weighted by atomic mass is 9.94. The number of hydrogen-bond donors (Lipinski definition) is 0. The van der Waals surface area contributed by atoms with E-state index in [2.05, 4.69) is 0 Å². The van der Waals surface area contributed by atoms with Gasteiger partial charge in [-0.1, -0.05) is 47.5 Å². The van der Waals surface area contributed by atoms with Crippen LogP contribution in [0.2, 0.25) is 10.0 Å². The van der Waals surface area contributed by atoms with Gasteiger partial charge in [0, 0.05) is 26.8 Å². The Bertz CT molecular complexity index is 1100. The van der Waals surface area contributed by atoms with Crippen LogP contribution < -0.4 is 9.47 Å². The number of benzene rings is 3. The lowest BCUT2D eigenvalue weighted by Gasteiger charge is -2.12. The second-order valence-electron chi connectivity index (χ2n) is 6.35. The van der Waals surface area contributed by atoms with E-state index in [4.69, 9.17) is 32.7 Å². The maximum Gasteiger partial charge on any atom is 0.195 e. The van der Waals surface area contributed by atoms with Crippen molar-refractivity contribution in [2.75, 3.05) is 14.2 Å². The van der Waals surface area contributed by atoms with E-state index in [9.17, 15) is 4.79 Å². The molecule has 140 valence electrons. The topological polar surface area (TPSA) is 35.5 Å². The number of carbonyl (C=O) groups excluding carboxylic acids is 1. The maximum atomic E-state index is 13.4.